The number of carbonyl (C=O) groups excluding carboxylic acids is 1. The van der Waals surface area contributed by atoms with Crippen molar-refractivity contribution in [1.82, 2.24) is 10.2 Å². The Bertz CT molecular complexity index is 464. The molecule has 1 heterocycles. The molecule has 1 aromatic rings. The second-order valence-electron chi connectivity index (χ2n) is 5.78. The molecule has 3 nitrogen and oxygen atoms in total. The highest BCUT2D eigenvalue weighted by atomic mass is 35.5. The first-order valence-corrected chi connectivity index (χ1v) is 7.73. The molecule has 0 saturated carbocycles. The van der Waals surface area contributed by atoms with E-state index in [1.807, 2.05) is 29.2 Å². The lowest BCUT2D eigenvalue weighted by atomic mass is 9.94. The molecule has 1 aliphatic heterocycles. The normalized spacial score (nSPS) is 22.6. The zero-order chi connectivity index (χ0) is 14.5. The number of piperidine rings is 1. The molecule has 0 radical (unpaired) electrons. The van der Waals surface area contributed by atoms with Crippen LogP contribution >= 0.6 is 11.6 Å². The maximum Gasteiger partial charge on any atom is 0.317 e. The van der Waals surface area contributed by atoms with Crippen LogP contribution in [0.4, 0.5) is 4.79 Å². The third kappa shape index (κ3) is 4.14. The molecular formula is C16H23ClN2O. The van der Waals surface area contributed by atoms with Gasteiger partial charge in [0.15, 0.2) is 0 Å². The summed E-state index contributed by atoms with van der Waals surface area (Å²) in [6, 6.07) is 8.17. The largest absolute Gasteiger partial charge is 0.338 e. The van der Waals surface area contributed by atoms with Crippen LogP contribution in [0.25, 0.3) is 0 Å². The minimum Gasteiger partial charge on any atom is -0.338 e. The summed E-state index contributed by atoms with van der Waals surface area (Å²) in [4.78, 5) is 14.1. The van der Waals surface area contributed by atoms with Crippen molar-refractivity contribution in [2.24, 2.45) is 5.92 Å². The Morgan fingerprint density at radius 2 is 2.25 bits per heavy atom. The number of urea groups is 1. The van der Waals surface area contributed by atoms with Gasteiger partial charge in [-0.2, -0.15) is 0 Å². The lowest BCUT2D eigenvalue weighted by Crippen LogP contribution is -2.49. The molecule has 0 unspecified atom stereocenters. The van der Waals surface area contributed by atoms with Crippen molar-refractivity contribution >= 4 is 17.6 Å². The maximum atomic E-state index is 12.2. The molecule has 0 aromatic heterocycles. The third-order valence-electron chi connectivity index (χ3n) is 3.98. The van der Waals surface area contributed by atoms with E-state index in [-0.39, 0.29) is 6.03 Å². The topological polar surface area (TPSA) is 32.3 Å². The van der Waals surface area contributed by atoms with Crippen LogP contribution in [0.2, 0.25) is 5.02 Å². The molecule has 1 aliphatic rings. The molecule has 1 N–H and O–H groups in total. The first-order chi connectivity index (χ1) is 9.56. The molecule has 1 saturated heterocycles. The highest BCUT2D eigenvalue weighted by Crippen LogP contribution is 2.21. The van der Waals surface area contributed by atoms with Gasteiger partial charge in [-0.3, -0.25) is 0 Å². The fourth-order valence-electron chi connectivity index (χ4n) is 2.82. The van der Waals surface area contributed by atoms with Gasteiger partial charge in [-0.15, -0.1) is 0 Å². The summed E-state index contributed by atoms with van der Waals surface area (Å²) < 4.78 is 0. The highest BCUT2D eigenvalue weighted by molar-refractivity contribution is 6.30. The Balaban J connectivity index is 1.78. The number of nitrogens with zero attached hydrogens (tertiary/aromatic N) is 1. The molecule has 1 fully saturated rings. The van der Waals surface area contributed by atoms with Crippen LogP contribution in [0, 0.1) is 5.92 Å². The number of benzene rings is 1. The number of hydrogen-bond acceptors (Lipinski definition) is 1. The van der Waals surface area contributed by atoms with Gasteiger partial charge >= 0.3 is 6.03 Å². The van der Waals surface area contributed by atoms with Gasteiger partial charge in [0.05, 0.1) is 0 Å². The Labute approximate surface area is 126 Å². The van der Waals surface area contributed by atoms with E-state index in [4.69, 9.17) is 11.6 Å². The van der Waals surface area contributed by atoms with E-state index >= 15 is 0 Å². The molecule has 0 bridgehead atoms. The number of halogens is 1. The Morgan fingerprint density at radius 1 is 1.45 bits per heavy atom. The van der Waals surface area contributed by atoms with E-state index in [2.05, 4.69) is 19.2 Å². The number of rotatable bonds is 3. The lowest BCUT2D eigenvalue weighted by molar-refractivity contribution is 0.140. The zero-order valence-corrected chi connectivity index (χ0v) is 13.0. The Morgan fingerprint density at radius 3 is 2.95 bits per heavy atom. The summed E-state index contributed by atoms with van der Waals surface area (Å²) in [5.41, 5.74) is 1.15. The van der Waals surface area contributed by atoms with Crippen LogP contribution in [0.5, 0.6) is 0 Å². The van der Waals surface area contributed by atoms with Gasteiger partial charge in [-0.1, -0.05) is 30.7 Å². The van der Waals surface area contributed by atoms with Crippen molar-refractivity contribution in [2.75, 3.05) is 13.1 Å². The quantitative estimate of drug-likeness (QED) is 0.905. The second kappa shape index (κ2) is 6.98. The van der Waals surface area contributed by atoms with E-state index in [9.17, 15) is 4.79 Å². The lowest BCUT2D eigenvalue weighted by Gasteiger charge is -2.36. The van der Waals surface area contributed by atoms with Crippen LogP contribution in [-0.2, 0) is 6.42 Å². The summed E-state index contributed by atoms with van der Waals surface area (Å²) in [7, 11) is 0. The van der Waals surface area contributed by atoms with Crippen molar-refractivity contribution in [2.45, 2.75) is 39.2 Å². The standard InChI is InChI=1S/C16H23ClN2O/c1-12-7-9-19(13(2)10-12)16(20)18-8-6-14-4-3-5-15(17)11-14/h3-5,11-13H,6-10H2,1-2H3,(H,18,20)/t12-,13-/m1/s1. The maximum absolute atomic E-state index is 12.2. The number of carbonyl (C=O) groups is 1. The Hall–Kier alpha value is -1.22. The summed E-state index contributed by atoms with van der Waals surface area (Å²) in [6.45, 7) is 5.90. The smallest absolute Gasteiger partial charge is 0.317 e. The second-order valence-corrected chi connectivity index (χ2v) is 6.22. The summed E-state index contributed by atoms with van der Waals surface area (Å²) in [5.74, 6) is 0.723. The van der Waals surface area contributed by atoms with Crippen LogP contribution in [0.15, 0.2) is 24.3 Å². The van der Waals surface area contributed by atoms with Gasteiger partial charge in [-0.05, 0) is 49.8 Å². The van der Waals surface area contributed by atoms with Gasteiger partial charge in [0.25, 0.3) is 0 Å². The van der Waals surface area contributed by atoms with Crippen molar-refractivity contribution in [3.8, 4) is 0 Å². The van der Waals surface area contributed by atoms with E-state index in [0.717, 1.165) is 42.3 Å². The van der Waals surface area contributed by atoms with E-state index in [0.29, 0.717) is 12.6 Å². The van der Waals surface area contributed by atoms with Crippen molar-refractivity contribution in [1.29, 1.82) is 0 Å². The minimum atomic E-state index is 0.0615. The summed E-state index contributed by atoms with van der Waals surface area (Å²) in [5, 5.41) is 3.75. The molecular weight excluding hydrogens is 272 g/mol. The van der Waals surface area contributed by atoms with E-state index < -0.39 is 0 Å². The number of hydrogen-bond donors (Lipinski definition) is 1. The SMILES string of the molecule is C[C@@H]1CCN(C(=O)NCCc2cccc(Cl)c2)[C@H](C)C1. The summed E-state index contributed by atoms with van der Waals surface area (Å²) >= 11 is 5.95. The van der Waals surface area contributed by atoms with Crippen molar-refractivity contribution in [3.05, 3.63) is 34.9 Å². The highest BCUT2D eigenvalue weighted by Gasteiger charge is 2.26. The van der Waals surface area contributed by atoms with Crippen LogP contribution in [0.3, 0.4) is 0 Å². The molecule has 2 atom stereocenters. The molecule has 2 amide bonds. The van der Waals surface area contributed by atoms with Gasteiger partial charge in [0.1, 0.15) is 0 Å². The van der Waals surface area contributed by atoms with Gasteiger partial charge < -0.3 is 10.2 Å². The average Bonchev–Trinajstić information content (AvgIpc) is 2.38. The van der Waals surface area contributed by atoms with Crippen LogP contribution < -0.4 is 5.32 Å². The number of likely N-dealkylation sites (tertiary alicyclic amines) is 1. The minimum absolute atomic E-state index is 0.0615. The number of nitrogens with one attached hydrogen (secondary N) is 1. The first kappa shape index (κ1) is 15.2. The predicted molar refractivity (Wildman–Crippen MR) is 83.1 cm³/mol. The van der Waals surface area contributed by atoms with E-state index in [1.54, 1.807) is 0 Å². The third-order valence-corrected chi connectivity index (χ3v) is 4.21. The molecule has 0 spiro atoms. The number of amides is 2. The van der Waals surface area contributed by atoms with Crippen LogP contribution in [-0.4, -0.2) is 30.1 Å². The fourth-order valence-corrected chi connectivity index (χ4v) is 3.03. The average molecular weight is 295 g/mol. The fraction of sp³-hybridized carbons (Fsp3) is 0.562. The summed E-state index contributed by atoms with van der Waals surface area (Å²) in [6.07, 6.45) is 3.01. The molecule has 2 rings (SSSR count). The van der Waals surface area contributed by atoms with Gasteiger partial charge in [0.2, 0.25) is 0 Å². The van der Waals surface area contributed by atoms with Crippen LogP contribution in [0.1, 0.15) is 32.3 Å². The monoisotopic (exact) mass is 294 g/mol. The van der Waals surface area contributed by atoms with E-state index in [1.165, 1.54) is 0 Å². The molecule has 110 valence electrons. The first-order valence-electron chi connectivity index (χ1n) is 7.35. The molecule has 1 aromatic carbocycles. The van der Waals surface area contributed by atoms with Crippen molar-refractivity contribution in [3.63, 3.8) is 0 Å². The zero-order valence-electron chi connectivity index (χ0n) is 12.2. The molecule has 20 heavy (non-hydrogen) atoms. The molecule has 4 heteroatoms. The Kier molecular flexibility index (Phi) is 5.30. The van der Waals surface area contributed by atoms with Gasteiger partial charge in [0, 0.05) is 24.2 Å². The predicted octanol–water partition coefficient (Wildman–Crippen LogP) is 3.71. The molecule has 0 aliphatic carbocycles. The van der Waals surface area contributed by atoms with Gasteiger partial charge in [-0.25, -0.2) is 4.79 Å². The van der Waals surface area contributed by atoms with Crippen molar-refractivity contribution < 1.29 is 4.79 Å².